The van der Waals surface area contributed by atoms with Crippen molar-refractivity contribution in [3.63, 3.8) is 0 Å². The molecule has 2 aromatic rings. The number of allylic oxidation sites excluding steroid dienone is 1. The van der Waals surface area contributed by atoms with Gasteiger partial charge in [-0.1, -0.05) is 45.8 Å². The topological polar surface area (TPSA) is 70.2 Å². The number of hydrogen-bond donors (Lipinski definition) is 3. The second-order valence-electron chi connectivity index (χ2n) is 5.94. The molecule has 1 atom stereocenters. The number of hydrogen-bond acceptors (Lipinski definition) is 2. The number of amides is 3. The van der Waals surface area contributed by atoms with E-state index in [2.05, 4.69) is 31.9 Å². The molecule has 5 nitrogen and oxygen atoms in total. The lowest BCUT2D eigenvalue weighted by molar-refractivity contribution is -0.113. The predicted molar refractivity (Wildman–Crippen MR) is 101 cm³/mol. The smallest absolute Gasteiger partial charge is 0.319 e. The van der Waals surface area contributed by atoms with E-state index < -0.39 is 6.04 Å². The number of halogens is 1. The molecule has 0 saturated heterocycles. The standard InChI is InChI=1S/C19H18BrN3O2/c1-11-3-5-13(6-4-11)17-16(12(2)21-19(25)23-17)18(24)22-15-9-7-14(20)8-10-15/h3-10,17H,1-2H3,(H,22,24)(H2,21,23,25). The highest BCUT2D eigenvalue weighted by Crippen LogP contribution is 2.28. The number of carbonyl (C=O) groups excluding carboxylic acids is 2. The molecule has 3 amide bonds. The molecule has 0 saturated carbocycles. The van der Waals surface area contributed by atoms with Crippen molar-refractivity contribution in [3.05, 3.63) is 75.4 Å². The summed E-state index contributed by atoms with van der Waals surface area (Å²) in [5.41, 5.74) is 3.70. The van der Waals surface area contributed by atoms with Crippen molar-refractivity contribution in [2.75, 3.05) is 5.32 Å². The third kappa shape index (κ3) is 3.91. The Bertz CT molecular complexity index is 842. The summed E-state index contributed by atoms with van der Waals surface area (Å²) >= 11 is 3.37. The van der Waals surface area contributed by atoms with Crippen LogP contribution < -0.4 is 16.0 Å². The lowest BCUT2D eigenvalue weighted by atomic mass is 9.94. The summed E-state index contributed by atoms with van der Waals surface area (Å²) in [6, 6.07) is 14.3. The molecule has 128 valence electrons. The number of aryl methyl sites for hydroxylation is 1. The van der Waals surface area contributed by atoms with E-state index in [1.165, 1.54) is 0 Å². The van der Waals surface area contributed by atoms with Crippen LogP contribution in [0.15, 0.2) is 64.3 Å². The van der Waals surface area contributed by atoms with Crippen LogP contribution in [0.5, 0.6) is 0 Å². The van der Waals surface area contributed by atoms with Crippen molar-refractivity contribution in [1.29, 1.82) is 0 Å². The van der Waals surface area contributed by atoms with Gasteiger partial charge in [0.05, 0.1) is 11.6 Å². The molecule has 1 aliphatic rings. The van der Waals surface area contributed by atoms with E-state index in [1.807, 2.05) is 55.5 Å². The first kappa shape index (κ1) is 17.2. The summed E-state index contributed by atoms with van der Waals surface area (Å²) < 4.78 is 0.935. The molecule has 6 heteroatoms. The van der Waals surface area contributed by atoms with Gasteiger partial charge in [-0.05, 0) is 43.7 Å². The maximum Gasteiger partial charge on any atom is 0.319 e. The Hall–Kier alpha value is -2.60. The lowest BCUT2D eigenvalue weighted by Gasteiger charge is -2.28. The Morgan fingerprint density at radius 1 is 1.04 bits per heavy atom. The van der Waals surface area contributed by atoms with Crippen LogP contribution in [0.1, 0.15) is 24.1 Å². The minimum absolute atomic E-state index is 0.252. The van der Waals surface area contributed by atoms with Crippen LogP contribution in [0.25, 0.3) is 0 Å². The largest absolute Gasteiger partial charge is 0.327 e. The summed E-state index contributed by atoms with van der Waals surface area (Å²) in [6.45, 7) is 3.73. The minimum atomic E-state index is -0.496. The van der Waals surface area contributed by atoms with Gasteiger partial charge < -0.3 is 16.0 Å². The fourth-order valence-electron chi connectivity index (χ4n) is 2.74. The van der Waals surface area contributed by atoms with E-state index in [0.29, 0.717) is 17.0 Å². The van der Waals surface area contributed by atoms with Gasteiger partial charge in [-0.25, -0.2) is 4.79 Å². The van der Waals surface area contributed by atoms with Crippen molar-refractivity contribution >= 4 is 33.6 Å². The van der Waals surface area contributed by atoms with Gasteiger partial charge in [0.25, 0.3) is 5.91 Å². The average molecular weight is 400 g/mol. The lowest BCUT2D eigenvalue weighted by Crippen LogP contribution is -2.45. The SMILES string of the molecule is CC1=C(C(=O)Nc2ccc(Br)cc2)C(c2ccc(C)cc2)NC(=O)N1. The number of carbonyl (C=O) groups is 2. The Kier molecular flexibility index (Phi) is 4.90. The van der Waals surface area contributed by atoms with Gasteiger partial charge in [0.2, 0.25) is 0 Å². The predicted octanol–water partition coefficient (Wildman–Crippen LogP) is 4.02. The molecule has 2 aromatic carbocycles. The van der Waals surface area contributed by atoms with Crippen LogP contribution in [-0.4, -0.2) is 11.9 Å². The fourth-order valence-corrected chi connectivity index (χ4v) is 3.00. The molecule has 0 aromatic heterocycles. The molecule has 0 aliphatic carbocycles. The molecule has 0 fully saturated rings. The van der Waals surface area contributed by atoms with Crippen LogP contribution in [0.2, 0.25) is 0 Å². The molecule has 3 rings (SSSR count). The molecule has 0 spiro atoms. The van der Waals surface area contributed by atoms with E-state index in [-0.39, 0.29) is 11.9 Å². The maximum absolute atomic E-state index is 12.8. The molecule has 0 radical (unpaired) electrons. The van der Waals surface area contributed by atoms with E-state index in [9.17, 15) is 9.59 Å². The number of rotatable bonds is 3. The van der Waals surface area contributed by atoms with Crippen LogP contribution in [0.3, 0.4) is 0 Å². The Morgan fingerprint density at radius 3 is 2.32 bits per heavy atom. The Morgan fingerprint density at radius 2 is 1.68 bits per heavy atom. The van der Waals surface area contributed by atoms with Crippen molar-refractivity contribution in [2.24, 2.45) is 0 Å². The molecule has 1 aliphatic heterocycles. The normalized spacial score (nSPS) is 16.9. The zero-order valence-corrected chi connectivity index (χ0v) is 15.5. The number of anilines is 1. The molecule has 0 bridgehead atoms. The van der Waals surface area contributed by atoms with Crippen LogP contribution in [0.4, 0.5) is 10.5 Å². The highest BCUT2D eigenvalue weighted by atomic mass is 79.9. The molecular weight excluding hydrogens is 382 g/mol. The van der Waals surface area contributed by atoms with E-state index >= 15 is 0 Å². The summed E-state index contributed by atoms with van der Waals surface area (Å²) in [6.07, 6.45) is 0. The highest BCUT2D eigenvalue weighted by molar-refractivity contribution is 9.10. The first-order valence-electron chi connectivity index (χ1n) is 7.86. The molecule has 1 unspecified atom stereocenters. The van der Waals surface area contributed by atoms with Crippen molar-refractivity contribution in [1.82, 2.24) is 10.6 Å². The molecule has 1 heterocycles. The number of urea groups is 1. The van der Waals surface area contributed by atoms with E-state index in [1.54, 1.807) is 6.92 Å². The quantitative estimate of drug-likeness (QED) is 0.728. The van der Waals surface area contributed by atoms with Crippen molar-refractivity contribution in [3.8, 4) is 0 Å². The number of benzene rings is 2. The second-order valence-corrected chi connectivity index (χ2v) is 6.86. The Labute approximate surface area is 154 Å². The zero-order chi connectivity index (χ0) is 18.0. The van der Waals surface area contributed by atoms with Gasteiger partial charge in [0.15, 0.2) is 0 Å². The van der Waals surface area contributed by atoms with E-state index in [0.717, 1.165) is 15.6 Å². The highest BCUT2D eigenvalue weighted by Gasteiger charge is 2.31. The number of nitrogens with one attached hydrogen (secondary N) is 3. The fraction of sp³-hybridized carbons (Fsp3) is 0.158. The van der Waals surface area contributed by atoms with Gasteiger partial charge in [0, 0.05) is 15.9 Å². The van der Waals surface area contributed by atoms with Crippen LogP contribution in [-0.2, 0) is 4.79 Å². The molecular formula is C19H18BrN3O2. The first-order chi connectivity index (χ1) is 11.9. The van der Waals surface area contributed by atoms with Crippen molar-refractivity contribution < 1.29 is 9.59 Å². The van der Waals surface area contributed by atoms with Gasteiger partial charge in [-0.15, -0.1) is 0 Å². The average Bonchev–Trinajstić information content (AvgIpc) is 2.57. The third-order valence-electron chi connectivity index (χ3n) is 4.03. The van der Waals surface area contributed by atoms with Gasteiger partial charge in [-0.2, -0.15) is 0 Å². The van der Waals surface area contributed by atoms with Gasteiger partial charge >= 0.3 is 6.03 Å². The molecule has 25 heavy (non-hydrogen) atoms. The van der Waals surface area contributed by atoms with Crippen molar-refractivity contribution in [2.45, 2.75) is 19.9 Å². The zero-order valence-electron chi connectivity index (χ0n) is 13.9. The maximum atomic E-state index is 12.8. The molecule has 3 N–H and O–H groups in total. The van der Waals surface area contributed by atoms with Crippen LogP contribution in [0, 0.1) is 6.92 Å². The summed E-state index contributed by atoms with van der Waals surface area (Å²) in [5, 5.41) is 8.40. The van der Waals surface area contributed by atoms with Gasteiger partial charge in [0.1, 0.15) is 0 Å². The van der Waals surface area contributed by atoms with E-state index in [4.69, 9.17) is 0 Å². The van der Waals surface area contributed by atoms with Crippen LogP contribution >= 0.6 is 15.9 Å². The summed E-state index contributed by atoms with van der Waals surface area (Å²) in [4.78, 5) is 24.7. The minimum Gasteiger partial charge on any atom is -0.327 e. The monoisotopic (exact) mass is 399 g/mol. The summed E-state index contributed by atoms with van der Waals surface area (Å²) in [5.74, 6) is -0.252. The van der Waals surface area contributed by atoms with Gasteiger partial charge in [-0.3, -0.25) is 4.79 Å². The first-order valence-corrected chi connectivity index (χ1v) is 8.65. The Balaban J connectivity index is 1.92. The third-order valence-corrected chi connectivity index (χ3v) is 4.56. The second kappa shape index (κ2) is 7.11. The summed E-state index contributed by atoms with van der Waals surface area (Å²) in [7, 11) is 0.